The molecule has 56 heavy (non-hydrogen) atoms. The molecule has 6 rings (SSSR count). The number of rotatable bonds is 11. The quantitative estimate of drug-likeness (QED) is 0.142. The van der Waals surface area contributed by atoms with Crippen molar-refractivity contribution in [2.45, 2.75) is 199 Å². The zero-order valence-electron chi connectivity index (χ0n) is 35.3. The van der Waals surface area contributed by atoms with Crippen LogP contribution >= 0.6 is 0 Å². The van der Waals surface area contributed by atoms with Gasteiger partial charge in [-0.05, 0) is 106 Å². The maximum atomic E-state index is 14.6. The molecule has 8 N–H and O–H groups in total. The number of aliphatic hydroxyl groups excluding tert-OH is 7. The third-order valence-electron chi connectivity index (χ3n) is 17.1. The summed E-state index contributed by atoms with van der Waals surface area (Å²) in [4.78, 5) is 14.6. The summed E-state index contributed by atoms with van der Waals surface area (Å²) in [6, 6.07) is 0. The SMILES string of the molecule is C[C@@H]1[C@@H](O)[C@H](CC[C@H]2O[C@@H](O[C@H](CC[C@@H](C)C3CC[C@@]4(C)C5CC=C6C(CC[C@H](O)C6(C)C)[C@]5(C)C(=O)C[C@]34C)C(C)(C)O)[C@H](O)[C@@H](O)[C@@H]2O)O[C@H](CO)[C@H]1O. The van der Waals surface area contributed by atoms with Gasteiger partial charge >= 0.3 is 0 Å². The van der Waals surface area contributed by atoms with Crippen molar-refractivity contribution >= 4 is 5.78 Å². The number of ether oxygens (including phenoxy) is 3. The van der Waals surface area contributed by atoms with E-state index < -0.39 is 90.9 Å². The largest absolute Gasteiger partial charge is 0.394 e. The van der Waals surface area contributed by atoms with Crippen LogP contribution in [0.2, 0.25) is 0 Å². The van der Waals surface area contributed by atoms with Gasteiger partial charge in [0.2, 0.25) is 0 Å². The van der Waals surface area contributed by atoms with Crippen LogP contribution in [0.5, 0.6) is 0 Å². The molecule has 3 saturated carbocycles. The molecule has 2 aliphatic heterocycles. The van der Waals surface area contributed by atoms with E-state index in [-0.39, 0.29) is 52.8 Å². The normalized spacial score (nSPS) is 49.0. The van der Waals surface area contributed by atoms with Gasteiger partial charge in [0.05, 0.1) is 48.8 Å². The average Bonchev–Trinajstić information content (AvgIpc) is 3.40. The number of carbonyl (C=O) groups is 1. The molecule has 2 heterocycles. The number of hydrogen-bond acceptors (Lipinski definition) is 12. The molecule has 2 saturated heterocycles. The molecular formula is C44H74O12. The molecule has 0 amide bonds. The number of hydrogen-bond donors (Lipinski definition) is 8. The first kappa shape index (κ1) is 44.5. The van der Waals surface area contributed by atoms with Gasteiger partial charge in [-0.1, -0.05) is 60.1 Å². The van der Waals surface area contributed by atoms with Crippen LogP contribution in [-0.2, 0) is 19.0 Å². The summed E-state index contributed by atoms with van der Waals surface area (Å²) in [6.07, 6.45) is -3.15. The zero-order chi connectivity index (χ0) is 41.5. The Morgan fingerprint density at radius 2 is 1.46 bits per heavy atom. The van der Waals surface area contributed by atoms with Crippen molar-refractivity contribution in [1.29, 1.82) is 0 Å². The third-order valence-corrected chi connectivity index (χ3v) is 17.1. The Kier molecular flexibility index (Phi) is 12.5. The van der Waals surface area contributed by atoms with Gasteiger partial charge in [0.1, 0.15) is 30.2 Å². The Bertz CT molecular complexity index is 1440. The minimum Gasteiger partial charge on any atom is -0.394 e. The highest BCUT2D eigenvalue weighted by Gasteiger charge is 2.70. The predicted octanol–water partition coefficient (Wildman–Crippen LogP) is 3.41. The van der Waals surface area contributed by atoms with Gasteiger partial charge in [0.25, 0.3) is 0 Å². The van der Waals surface area contributed by atoms with Crippen LogP contribution in [0.1, 0.15) is 127 Å². The summed E-state index contributed by atoms with van der Waals surface area (Å²) in [6.45, 7) is 18.0. The van der Waals surface area contributed by atoms with Crippen molar-refractivity contribution in [3.05, 3.63) is 11.6 Å². The smallest absolute Gasteiger partial charge is 0.186 e. The Morgan fingerprint density at radius 3 is 2.09 bits per heavy atom. The third kappa shape index (κ3) is 7.20. The maximum absolute atomic E-state index is 14.6. The van der Waals surface area contributed by atoms with E-state index in [1.165, 1.54) is 5.57 Å². The van der Waals surface area contributed by atoms with Crippen LogP contribution in [0, 0.1) is 51.2 Å². The molecule has 12 nitrogen and oxygen atoms in total. The van der Waals surface area contributed by atoms with Gasteiger partial charge < -0.3 is 55.1 Å². The van der Waals surface area contributed by atoms with E-state index in [9.17, 15) is 45.6 Å². The fourth-order valence-electron chi connectivity index (χ4n) is 13.0. The molecule has 3 unspecified atom stereocenters. The molecule has 0 aromatic rings. The maximum Gasteiger partial charge on any atom is 0.186 e. The average molecular weight is 795 g/mol. The van der Waals surface area contributed by atoms with E-state index in [1.807, 2.05) is 0 Å². The zero-order valence-corrected chi connectivity index (χ0v) is 35.3. The molecule has 5 fully saturated rings. The minimum atomic E-state index is -1.59. The molecule has 12 heteroatoms. The van der Waals surface area contributed by atoms with Gasteiger partial charge in [-0.25, -0.2) is 0 Å². The van der Waals surface area contributed by atoms with Crippen molar-refractivity contribution in [3.63, 3.8) is 0 Å². The number of ketones is 1. The van der Waals surface area contributed by atoms with Crippen LogP contribution < -0.4 is 0 Å². The predicted molar refractivity (Wildman–Crippen MR) is 208 cm³/mol. The van der Waals surface area contributed by atoms with Gasteiger partial charge in [-0.2, -0.15) is 0 Å². The Labute approximate surface area is 334 Å². The van der Waals surface area contributed by atoms with Crippen LogP contribution in [0.25, 0.3) is 0 Å². The first-order valence-corrected chi connectivity index (χ1v) is 21.6. The van der Waals surface area contributed by atoms with Crippen molar-refractivity contribution in [1.82, 2.24) is 0 Å². The Morgan fingerprint density at radius 1 is 0.839 bits per heavy atom. The molecule has 0 bridgehead atoms. The minimum absolute atomic E-state index is 0.0510. The fraction of sp³-hybridized carbons (Fsp3) is 0.932. The highest BCUT2D eigenvalue weighted by Crippen LogP contribution is 2.74. The van der Waals surface area contributed by atoms with Crippen molar-refractivity contribution in [2.75, 3.05) is 6.61 Å². The summed E-state index contributed by atoms with van der Waals surface area (Å²) in [5, 5.41) is 85.8. The van der Waals surface area contributed by atoms with Gasteiger partial charge in [-0.3, -0.25) is 4.79 Å². The topological polar surface area (TPSA) is 207 Å². The van der Waals surface area contributed by atoms with Crippen molar-refractivity contribution in [3.8, 4) is 0 Å². The van der Waals surface area contributed by atoms with E-state index in [4.69, 9.17) is 14.2 Å². The Balaban J connectivity index is 1.13. The molecule has 4 aliphatic carbocycles. The lowest BCUT2D eigenvalue weighted by atomic mass is 9.38. The standard InChI is InChI=1S/C44H74O12/c1-22(24-18-19-42(7)30-15-11-25-26(12-16-31(46)40(25,3)4)44(30,9)32(47)20-43(24,42)8)10-17-33(41(5,6)53)56-39-38(52)37(51)36(50)28(55-39)14-13-27-34(48)23(2)35(49)29(21-45)54-27/h11,22-24,26-31,33-39,45-46,48-53H,10,12-21H2,1-9H3/t22-,23-,24?,26?,27+,28-,29-,30?,31+,33-,34-,35+,36-,37+,38-,39+,42+,43-,44+/m1/s1. The van der Waals surface area contributed by atoms with Gasteiger partial charge in [0, 0.05) is 23.2 Å². The molecule has 6 aliphatic rings. The second kappa shape index (κ2) is 15.8. The highest BCUT2D eigenvalue weighted by atomic mass is 16.7. The molecule has 0 radical (unpaired) electrons. The molecule has 19 atom stereocenters. The summed E-state index contributed by atoms with van der Waals surface area (Å²) < 4.78 is 18.2. The second-order valence-electron chi connectivity index (χ2n) is 20.8. The van der Waals surface area contributed by atoms with E-state index in [0.717, 1.165) is 25.7 Å². The summed E-state index contributed by atoms with van der Waals surface area (Å²) in [7, 11) is 0. The van der Waals surface area contributed by atoms with Crippen molar-refractivity contribution in [2.24, 2.45) is 51.2 Å². The van der Waals surface area contributed by atoms with E-state index in [2.05, 4.69) is 47.6 Å². The first-order chi connectivity index (χ1) is 25.9. The summed E-state index contributed by atoms with van der Waals surface area (Å²) >= 11 is 0. The molecule has 322 valence electrons. The summed E-state index contributed by atoms with van der Waals surface area (Å²) in [5.74, 6) is 0.611. The number of allylic oxidation sites excluding steroid dienone is 1. The van der Waals surface area contributed by atoms with Gasteiger partial charge in [-0.15, -0.1) is 0 Å². The molecular weight excluding hydrogens is 720 g/mol. The number of carbonyl (C=O) groups excluding carboxylic acids is 1. The van der Waals surface area contributed by atoms with Crippen molar-refractivity contribution < 1.29 is 59.9 Å². The molecule has 0 aromatic heterocycles. The fourth-order valence-corrected chi connectivity index (χ4v) is 13.0. The van der Waals surface area contributed by atoms with Crippen LogP contribution in [0.15, 0.2) is 11.6 Å². The number of fused-ring (bicyclic) bond motifs is 5. The lowest BCUT2D eigenvalue weighted by molar-refractivity contribution is -0.321. The van der Waals surface area contributed by atoms with E-state index in [1.54, 1.807) is 20.8 Å². The van der Waals surface area contributed by atoms with Crippen LogP contribution in [0.3, 0.4) is 0 Å². The van der Waals surface area contributed by atoms with Gasteiger partial charge in [0.15, 0.2) is 6.29 Å². The molecule has 0 spiro atoms. The van der Waals surface area contributed by atoms with Crippen LogP contribution in [-0.4, -0.2) is 126 Å². The Hall–Kier alpha value is -1.03. The lowest BCUT2D eigenvalue weighted by Crippen LogP contribution is -2.63. The number of Topliss-reactive ketones (excluding diaryl/α,β-unsaturated/α-hetero) is 1. The van der Waals surface area contributed by atoms with E-state index >= 15 is 0 Å². The first-order valence-electron chi connectivity index (χ1n) is 21.6. The second-order valence-corrected chi connectivity index (χ2v) is 20.8. The van der Waals surface area contributed by atoms with Crippen LogP contribution in [0.4, 0.5) is 0 Å². The highest BCUT2D eigenvalue weighted by molar-refractivity contribution is 5.88. The monoisotopic (exact) mass is 795 g/mol. The summed E-state index contributed by atoms with van der Waals surface area (Å²) in [5.41, 5.74) is -1.15. The van der Waals surface area contributed by atoms with E-state index in [0.29, 0.717) is 31.5 Å². The number of aliphatic hydroxyl groups is 8. The lowest BCUT2D eigenvalue weighted by Gasteiger charge is -2.64. The molecule has 0 aromatic carbocycles.